The molecular formula is C19H32N2. The summed E-state index contributed by atoms with van der Waals surface area (Å²) in [5.41, 5.74) is 3.34. The lowest BCUT2D eigenvalue weighted by molar-refractivity contribution is 0.301. The van der Waals surface area contributed by atoms with Crippen molar-refractivity contribution in [3.63, 3.8) is 0 Å². The predicted molar refractivity (Wildman–Crippen MR) is 93.0 cm³/mol. The van der Waals surface area contributed by atoms with Crippen LogP contribution < -0.4 is 10.2 Å². The summed E-state index contributed by atoms with van der Waals surface area (Å²) in [6.45, 7) is 12.7. The largest absolute Gasteiger partial charge is 0.371 e. The van der Waals surface area contributed by atoms with Gasteiger partial charge in [-0.05, 0) is 62.3 Å². The van der Waals surface area contributed by atoms with Gasteiger partial charge in [-0.2, -0.15) is 0 Å². The van der Waals surface area contributed by atoms with Gasteiger partial charge in [0.2, 0.25) is 0 Å². The van der Waals surface area contributed by atoms with Gasteiger partial charge < -0.3 is 10.2 Å². The minimum absolute atomic E-state index is 0.447. The number of hydrogen-bond acceptors (Lipinski definition) is 2. The average Bonchev–Trinajstić information content (AvgIpc) is 2.98. The zero-order valence-corrected chi connectivity index (χ0v) is 14.3. The van der Waals surface area contributed by atoms with E-state index in [4.69, 9.17) is 0 Å². The Labute approximate surface area is 130 Å². The Morgan fingerprint density at radius 2 is 1.81 bits per heavy atom. The molecule has 1 fully saturated rings. The third kappa shape index (κ3) is 3.79. The lowest BCUT2D eigenvalue weighted by atomic mass is 9.82. The summed E-state index contributed by atoms with van der Waals surface area (Å²) in [4.78, 5) is 2.57. The summed E-state index contributed by atoms with van der Waals surface area (Å²) in [5, 5.41) is 3.56. The lowest BCUT2D eigenvalue weighted by Gasteiger charge is -2.27. The fraction of sp³-hybridized carbons (Fsp3) is 0.684. The van der Waals surface area contributed by atoms with Gasteiger partial charge in [-0.15, -0.1) is 0 Å². The maximum absolute atomic E-state index is 3.56. The van der Waals surface area contributed by atoms with E-state index in [0.717, 1.165) is 6.54 Å². The quantitative estimate of drug-likeness (QED) is 0.778. The van der Waals surface area contributed by atoms with Crippen LogP contribution in [0.4, 0.5) is 5.69 Å². The van der Waals surface area contributed by atoms with Crippen LogP contribution >= 0.6 is 0 Å². The summed E-state index contributed by atoms with van der Waals surface area (Å²) in [7, 11) is 0. The van der Waals surface area contributed by atoms with Gasteiger partial charge in [-0.3, -0.25) is 0 Å². The average molecular weight is 288 g/mol. The Kier molecular flexibility index (Phi) is 5.69. The second-order valence-electron chi connectivity index (χ2n) is 6.65. The molecule has 1 atom stereocenters. The number of anilines is 1. The Morgan fingerprint density at radius 3 is 2.33 bits per heavy atom. The zero-order valence-electron chi connectivity index (χ0n) is 14.3. The predicted octanol–water partition coefficient (Wildman–Crippen LogP) is 4.76. The molecule has 0 saturated carbocycles. The molecule has 1 aliphatic rings. The van der Waals surface area contributed by atoms with Crippen molar-refractivity contribution in [2.45, 2.75) is 59.4 Å². The van der Waals surface area contributed by atoms with Gasteiger partial charge in [0.1, 0.15) is 0 Å². The standard InChI is InChI=1S/C19H32N2/c1-5-13-20-16(4)17-8-10-18(11-9-17)21-14-12-19(6-2,7-3)15-21/h8-11,16,20H,5-7,12-15H2,1-4H3. The molecule has 0 radical (unpaired) electrons. The maximum Gasteiger partial charge on any atom is 0.0366 e. The second-order valence-corrected chi connectivity index (χ2v) is 6.65. The molecule has 0 bridgehead atoms. The molecule has 1 aliphatic heterocycles. The van der Waals surface area contributed by atoms with E-state index in [0.29, 0.717) is 11.5 Å². The molecule has 2 rings (SSSR count). The minimum atomic E-state index is 0.447. The third-order valence-electron chi connectivity index (χ3n) is 5.40. The van der Waals surface area contributed by atoms with Gasteiger partial charge in [0.05, 0.1) is 0 Å². The molecule has 1 heterocycles. The van der Waals surface area contributed by atoms with E-state index in [9.17, 15) is 0 Å². The first-order chi connectivity index (χ1) is 10.1. The molecule has 1 unspecified atom stereocenters. The summed E-state index contributed by atoms with van der Waals surface area (Å²) >= 11 is 0. The molecule has 21 heavy (non-hydrogen) atoms. The van der Waals surface area contributed by atoms with Crippen LogP contribution in [0.5, 0.6) is 0 Å². The molecular weight excluding hydrogens is 256 g/mol. The van der Waals surface area contributed by atoms with E-state index < -0.39 is 0 Å². The van der Waals surface area contributed by atoms with E-state index in [1.165, 1.54) is 50.0 Å². The number of benzene rings is 1. The number of hydrogen-bond donors (Lipinski definition) is 1. The van der Waals surface area contributed by atoms with Crippen LogP contribution in [0, 0.1) is 5.41 Å². The van der Waals surface area contributed by atoms with Crippen LogP contribution in [-0.4, -0.2) is 19.6 Å². The highest BCUT2D eigenvalue weighted by Crippen LogP contribution is 2.39. The number of nitrogens with zero attached hydrogens (tertiary/aromatic N) is 1. The molecule has 1 aromatic rings. The number of nitrogens with one attached hydrogen (secondary N) is 1. The van der Waals surface area contributed by atoms with Gasteiger partial charge >= 0.3 is 0 Å². The Bertz CT molecular complexity index is 420. The molecule has 0 aliphatic carbocycles. The van der Waals surface area contributed by atoms with Gasteiger partial charge in [0.25, 0.3) is 0 Å². The summed E-state index contributed by atoms with van der Waals surface area (Å²) < 4.78 is 0. The first kappa shape index (κ1) is 16.4. The Balaban J connectivity index is 2.00. The smallest absolute Gasteiger partial charge is 0.0366 e. The van der Waals surface area contributed by atoms with Gasteiger partial charge in [0.15, 0.2) is 0 Å². The fourth-order valence-corrected chi connectivity index (χ4v) is 3.44. The Morgan fingerprint density at radius 1 is 1.14 bits per heavy atom. The Hall–Kier alpha value is -1.02. The maximum atomic E-state index is 3.56. The highest BCUT2D eigenvalue weighted by atomic mass is 15.2. The minimum Gasteiger partial charge on any atom is -0.371 e. The van der Waals surface area contributed by atoms with Crippen LogP contribution in [0.15, 0.2) is 24.3 Å². The monoisotopic (exact) mass is 288 g/mol. The first-order valence-electron chi connectivity index (χ1n) is 8.72. The van der Waals surface area contributed by atoms with E-state index in [1.807, 2.05) is 0 Å². The van der Waals surface area contributed by atoms with Crippen molar-refractivity contribution >= 4 is 5.69 Å². The second kappa shape index (κ2) is 7.31. The summed E-state index contributed by atoms with van der Waals surface area (Å²) in [6, 6.07) is 9.64. The lowest BCUT2D eigenvalue weighted by Crippen LogP contribution is -2.26. The van der Waals surface area contributed by atoms with Crippen molar-refractivity contribution in [3.8, 4) is 0 Å². The summed E-state index contributed by atoms with van der Waals surface area (Å²) in [5.74, 6) is 0. The van der Waals surface area contributed by atoms with E-state index >= 15 is 0 Å². The van der Waals surface area contributed by atoms with Crippen LogP contribution in [0.3, 0.4) is 0 Å². The van der Waals surface area contributed by atoms with Crippen LogP contribution in [0.1, 0.15) is 65.0 Å². The van der Waals surface area contributed by atoms with Crippen molar-refractivity contribution in [1.82, 2.24) is 5.32 Å². The SMILES string of the molecule is CCCNC(C)c1ccc(N2CCC(CC)(CC)C2)cc1. The normalized spacial score (nSPS) is 19.0. The van der Waals surface area contributed by atoms with E-state index in [-0.39, 0.29) is 0 Å². The van der Waals surface area contributed by atoms with Gasteiger partial charge in [-0.25, -0.2) is 0 Å². The van der Waals surface area contributed by atoms with Gasteiger partial charge in [0, 0.05) is 24.8 Å². The van der Waals surface area contributed by atoms with Crippen LogP contribution in [-0.2, 0) is 0 Å². The first-order valence-corrected chi connectivity index (χ1v) is 8.72. The molecule has 118 valence electrons. The molecule has 1 aromatic carbocycles. The summed E-state index contributed by atoms with van der Waals surface area (Å²) in [6.07, 6.45) is 5.13. The fourth-order valence-electron chi connectivity index (χ4n) is 3.44. The molecule has 0 aromatic heterocycles. The van der Waals surface area contributed by atoms with Crippen molar-refractivity contribution in [3.05, 3.63) is 29.8 Å². The number of rotatable bonds is 7. The van der Waals surface area contributed by atoms with E-state index in [2.05, 4.69) is 62.2 Å². The van der Waals surface area contributed by atoms with Gasteiger partial charge in [-0.1, -0.05) is 32.9 Å². The molecule has 2 nitrogen and oxygen atoms in total. The van der Waals surface area contributed by atoms with Crippen LogP contribution in [0.25, 0.3) is 0 Å². The third-order valence-corrected chi connectivity index (χ3v) is 5.40. The van der Waals surface area contributed by atoms with E-state index in [1.54, 1.807) is 0 Å². The zero-order chi connectivity index (χ0) is 15.3. The van der Waals surface area contributed by atoms with Crippen LogP contribution in [0.2, 0.25) is 0 Å². The topological polar surface area (TPSA) is 15.3 Å². The van der Waals surface area contributed by atoms with Crippen molar-refractivity contribution in [2.75, 3.05) is 24.5 Å². The molecule has 0 spiro atoms. The van der Waals surface area contributed by atoms with Crippen molar-refractivity contribution in [1.29, 1.82) is 0 Å². The molecule has 1 N–H and O–H groups in total. The molecule has 1 saturated heterocycles. The highest BCUT2D eigenvalue weighted by molar-refractivity contribution is 5.49. The highest BCUT2D eigenvalue weighted by Gasteiger charge is 2.34. The molecule has 0 amide bonds. The van der Waals surface area contributed by atoms with Crippen molar-refractivity contribution < 1.29 is 0 Å². The van der Waals surface area contributed by atoms with Crippen molar-refractivity contribution in [2.24, 2.45) is 5.41 Å². The molecule has 2 heteroatoms.